The van der Waals surface area contributed by atoms with E-state index in [0.717, 1.165) is 128 Å². The third-order valence-corrected chi connectivity index (χ3v) is 27.0. The Labute approximate surface area is 530 Å². The fourth-order valence-electron chi connectivity index (χ4n) is 23.4. The molecule has 9 fully saturated rings. The molecule has 14 rings (SSSR count). The first-order chi connectivity index (χ1) is 43.2. The number of benzene rings is 2. The molecule has 1 saturated heterocycles. The number of hydrogen-bond donors (Lipinski definition) is 7. The van der Waals surface area contributed by atoms with Crippen LogP contribution in [0.25, 0.3) is 0 Å². The lowest BCUT2D eigenvalue weighted by molar-refractivity contribution is -0.308. The number of nitrogens with zero attached hydrogens (tertiary/aromatic N) is 1. The van der Waals surface area contributed by atoms with E-state index in [1.165, 1.54) is 37.7 Å². The fraction of sp³-hybridized carbons (Fsp3) is 0.711. The second-order valence-electron chi connectivity index (χ2n) is 31.0. The maximum Gasteiger partial charge on any atom is 0.207 e. The van der Waals surface area contributed by atoms with Crippen LogP contribution in [0.4, 0.5) is 5.69 Å². The van der Waals surface area contributed by atoms with Crippen LogP contribution in [0, 0.1) is 111 Å². The number of aliphatic hydroxyl groups is 3. The van der Waals surface area contributed by atoms with E-state index < -0.39 is 33.0 Å². The highest BCUT2D eigenvalue weighted by molar-refractivity contribution is 5.97. The van der Waals surface area contributed by atoms with Gasteiger partial charge in [-0.25, -0.2) is 0 Å². The number of phenols is 1. The number of rotatable bonds is 10. The molecule has 4 spiro atoms. The van der Waals surface area contributed by atoms with Gasteiger partial charge in [-0.2, -0.15) is 0 Å². The summed E-state index contributed by atoms with van der Waals surface area (Å²) < 4.78 is 28.1. The number of phenolic OH excluding ortho intramolecular Hbond substituents is 1. The van der Waals surface area contributed by atoms with E-state index in [0.29, 0.717) is 90.7 Å². The number of carbonyl (C=O) groups is 1. The molecule has 2 aromatic carbocycles. The molecule has 8 saturated carbocycles. The Morgan fingerprint density at radius 2 is 1.75 bits per heavy atom. The van der Waals surface area contributed by atoms with Gasteiger partial charge in [0.2, 0.25) is 11.7 Å². The van der Waals surface area contributed by atoms with E-state index in [1.54, 1.807) is 20.2 Å². The van der Waals surface area contributed by atoms with Gasteiger partial charge in [0.15, 0.2) is 28.8 Å². The predicted octanol–water partition coefficient (Wildman–Crippen LogP) is 12.7. The van der Waals surface area contributed by atoms with Gasteiger partial charge in [-0.15, -0.1) is 0 Å². The number of methoxy groups -OCH3 is 1. The molecule has 12 aliphatic rings. The molecule has 0 radical (unpaired) electrons. The monoisotopic (exact) mass is 1210 g/mol. The summed E-state index contributed by atoms with van der Waals surface area (Å²) in [5.74, 6) is 10.6. The van der Waals surface area contributed by atoms with E-state index in [1.807, 2.05) is 19.2 Å². The van der Waals surface area contributed by atoms with Crippen molar-refractivity contribution < 1.29 is 44.2 Å². The van der Waals surface area contributed by atoms with Crippen molar-refractivity contribution in [2.45, 2.75) is 210 Å². The molecule has 9 aliphatic carbocycles. The summed E-state index contributed by atoms with van der Waals surface area (Å²) in [6.07, 6.45) is 39.2. The zero-order valence-corrected chi connectivity index (χ0v) is 53.8. The summed E-state index contributed by atoms with van der Waals surface area (Å²) in [6.45, 7) is 3.17. The molecule has 2 aromatic rings. The van der Waals surface area contributed by atoms with Gasteiger partial charge in [0, 0.05) is 79.2 Å². The quantitative estimate of drug-likeness (QED) is 0.0884. The van der Waals surface area contributed by atoms with Crippen LogP contribution in [0.15, 0.2) is 59.6 Å². The van der Waals surface area contributed by atoms with Crippen LogP contribution in [-0.2, 0) is 21.4 Å². The van der Waals surface area contributed by atoms with Crippen molar-refractivity contribution in [3.63, 3.8) is 0 Å². The van der Waals surface area contributed by atoms with Gasteiger partial charge in [-0.3, -0.25) is 15.1 Å². The molecule has 13 nitrogen and oxygen atoms in total. The van der Waals surface area contributed by atoms with Crippen molar-refractivity contribution >= 4 is 17.4 Å². The van der Waals surface area contributed by atoms with E-state index in [4.69, 9.17) is 23.9 Å². The molecule has 0 unspecified atom stereocenters. The van der Waals surface area contributed by atoms with Crippen molar-refractivity contribution in [3.05, 3.63) is 65.8 Å². The normalized spacial score (nSPS) is 41.1. The minimum Gasteiger partial charge on any atom is -0.504 e. The topological polar surface area (TPSA) is 183 Å². The van der Waals surface area contributed by atoms with Crippen LogP contribution >= 0.6 is 0 Å². The second kappa shape index (κ2) is 24.1. The molecule has 3 aliphatic heterocycles. The Hall–Kier alpha value is -5.02. The van der Waals surface area contributed by atoms with Crippen molar-refractivity contribution in [3.8, 4) is 47.0 Å². The zero-order chi connectivity index (χ0) is 61.4. The number of guanidine groups is 1. The van der Waals surface area contributed by atoms with Crippen LogP contribution < -0.4 is 30.2 Å². The maximum absolute atomic E-state index is 16.2. The minimum absolute atomic E-state index is 0.00844. The van der Waals surface area contributed by atoms with Gasteiger partial charge in [0.05, 0.1) is 18.9 Å². The maximum atomic E-state index is 16.2. The van der Waals surface area contributed by atoms with Gasteiger partial charge in [-0.1, -0.05) is 94.4 Å². The summed E-state index contributed by atoms with van der Waals surface area (Å²) >= 11 is 0. The summed E-state index contributed by atoms with van der Waals surface area (Å²) in [5, 5.41) is 56.5. The molecular weight excluding hydrogens is 1110 g/mol. The van der Waals surface area contributed by atoms with Crippen molar-refractivity contribution in [2.75, 3.05) is 46.3 Å². The largest absolute Gasteiger partial charge is 0.504 e. The lowest BCUT2D eigenvalue weighted by atomic mass is 9.42. The number of aliphatic imine (C=N–C) groups is 1. The molecule has 0 aromatic heterocycles. The summed E-state index contributed by atoms with van der Waals surface area (Å²) in [7, 11) is 5.41. The number of ether oxygens (including phenoxy) is 4. The van der Waals surface area contributed by atoms with Crippen molar-refractivity contribution in [1.82, 2.24) is 10.6 Å². The van der Waals surface area contributed by atoms with Gasteiger partial charge in [0.25, 0.3) is 0 Å². The summed E-state index contributed by atoms with van der Waals surface area (Å²) in [5.41, 5.74) is 0.0942. The first-order valence-corrected chi connectivity index (χ1v) is 35.3. The Bertz CT molecular complexity index is 3210. The third kappa shape index (κ3) is 10.3. The number of aromatic hydroxyl groups is 1. The minimum atomic E-state index is -1.40. The Morgan fingerprint density at radius 3 is 2.54 bits per heavy atom. The highest BCUT2D eigenvalue weighted by Crippen LogP contribution is 2.75. The first kappa shape index (κ1) is 61.5. The standard InChI is InChI=1S/C76H102N4O9/c1-5-49-17-21-56-57(16-13-36-81)68-71(28-9-10-29-71)32-33-75(68)55-41-60(80-69(78-3)79-35-12-15-53-14-11-30-74(53,65(84)24-22-59(75)58(56)38-49)43-50-18-23-61(83)62(39-50)86-4)67-63(42-55)88-73(48-77-2)44-64(70(34-37-87-67)26-7-6-8-27-70)72(46-73)31-25-54-40-51-19-20-52(45-82)66(51)89-76(54,85)47-72/h18,22-25,31,39,41-42,49,51-54,56-59,64,66,68,77,81-83,85H,5-11,13-17,19-21,26-30,32-33,36,38,40,43-48H2,1-4H3,(H2,78,79,80)/b24-22+/t49-,51+,52+,53-,54-,56-,57-,58-,59+,64-,66-,68+,72-,73+,74-,75-,76-/m0/s1. The lowest BCUT2D eigenvalue weighted by Gasteiger charge is -2.62. The first-order valence-electron chi connectivity index (χ1n) is 35.3. The number of hydrogen-bond acceptors (Lipinski definition) is 11. The molecule has 13 heteroatoms. The molecule has 3 heterocycles. The molecule has 7 N–H and O–H groups in total. The molecule has 4 bridgehead atoms. The zero-order valence-electron chi connectivity index (χ0n) is 53.8. The van der Waals surface area contributed by atoms with Crippen molar-refractivity contribution in [2.24, 2.45) is 91.7 Å². The fourth-order valence-corrected chi connectivity index (χ4v) is 23.4. The molecule has 89 heavy (non-hydrogen) atoms. The van der Waals surface area contributed by atoms with Crippen molar-refractivity contribution in [1.29, 1.82) is 0 Å². The van der Waals surface area contributed by atoms with E-state index in [2.05, 4.69) is 83.3 Å². The van der Waals surface area contributed by atoms with Crippen LogP contribution in [-0.4, -0.2) is 90.6 Å². The van der Waals surface area contributed by atoms with Crippen LogP contribution in [0.5, 0.6) is 23.0 Å². The number of nitrogens with one attached hydrogen (secondary N) is 3. The third-order valence-electron chi connectivity index (χ3n) is 27.0. The summed E-state index contributed by atoms with van der Waals surface area (Å²) in [6, 6.07) is 13.6. The molecule has 17 atom stereocenters. The van der Waals surface area contributed by atoms with E-state index in [9.17, 15) is 20.4 Å². The second-order valence-corrected chi connectivity index (χ2v) is 31.0. The lowest BCUT2D eigenvalue weighted by Crippen LogP contribution is -2.58. The Morgan fingerprint density at radius 1 is 0.910 bits per heavy atom. The highest BCUT2D eigenvalue weighted by atomic mass is 16.6. The number of allylic oxidation sites excluding steroid dienone is 3. The van der Waals surface area contributed by atoms with Gasteiger partial charge >= 0.3 is 0 Å². The van der Waals surface area contributed by atoms with Gasteiger partial charge in [-0.05, 0) is 223 Å². The van der Waals surface area contributed by atoms with E-state index >= 15 is 4.79 Å². The van der Waals surface area contributed by atoms with Gasteiger partial charge in [0.1, 0.15) is 11.7 Å². The Balaban J connectivity index is 0.977. The van der Waals surface area contributed by atoms with Crippen LogP contribution in [0.3, 0.4) is 0 Å². The molecule has 0 amide bonds. The predicted molar refractivity (Wildman–Crippen MR) is 346 cm³/mol. The average Bonchev–Trinajstić information content (AvgIpc) is 1.61. The number of aliphatic hydroxyl groups excluding tert-OH is 2. The number of anilines is 1. The summed E-state index contributed by atoms with van der Waals surface area (Å²) in [4.78, 5) is 21.1. The van der Waals surface area contributed by atoms with Crippen LogP contribution in [0.1, 0.15) is 191 Å². The Kier molecular flexibility index (Phi) is 16.7. The number of ketones is 1. The number of carbonyl (C=O) groups excluding carboxylic acids is 1. The number of likely N-dealkylation sites (N-methyl/N-ethyl adjacent to an activating group) is 1. The molecule has 480 valence electrons. The number of fused-ring (bicyclic) bond motifs is 14. The SMILES string of the molecule is CC[C@H]1CC[C@@H]2[C@H](C1)[C@H]1/C=C/C(=O)[C@]3(Cc4ccc(O)c(OC)c4)CCC[C@H]3CC#CNC(=NC)Nc3cc(cc4c3OC#CC3(CCCCC3)[C@@H]3C[C@](CNC)(C[C@]35C=C[C@H]3C[C@H]6CC[C@H](CO)[C@H]6O[C@@]3(O)C5)O4)[C@@]13CCC1(CCCC1)[C@H]3[C@H]2CCCO. The highest BCUT2D eigenvalue weighted by Gasteiger charge is 2.70. The molecular formula is C76H102N4O9. The van der Waals surface area contributed by atoms with E-state index in [-0.39, 0.29) is 71.8 Å². The smallest absolute Gasteiger partial charge is 0.207 e. The average molecular weight is 1220 g/mol. The van der Waals surface area contributed by atoms with Crippen LogP contribution in [0.2, 0.25) is 0 Å². The van der Waals surface area contributed by atoms with Gasteiger partial charge < -0.3 is 50.0 Å².